The van der Waals surface area contributed by atoms with Crippen LogP contribution in [-0.2, 0) is 35.2 Å². The highest BCUT2D eigenvalue weighted by Crippen LogP contribution is 2.19. The first kappa shape index (κ1) is 32.7. The molecular weight excluding hydrogens is 536 g/mol. The topological polar surface area (TPSA) is 279 Å². The highest BCUT2D eigenvalue weighted by molar-refractivity contribution is 5.96. The van der Waals surface area contributed by atoms with Crippen molar-refractivity contribution < 1.29 is 33.9 Å². The van der Waals surface area contributed by atoms with Gasteiger partial charge in [-0.3, -0.25) is 24.0 Å². The van der Waals surface area contributed by atoms with Crippen molar-refractivity contribution in [3.63, 3.8) is 0 Å². The lowest BCUT2D eigenvalue weighted by atomic mass is 10.0. The first-order valence-corrected chi connectivity index (χ1v) is 13.1. The number of benzene rings is 1. The normalized spacial score (nSPS) is 13.9. The summed E-state index contributed by atoms with van der Waals surface area (Å²) in [6.45, 7) is 0.422. The van der Waals surface area contributed by atoms with E-state index in [9.17, 15) is 33.9 Å². The van der Waals surface area contributed by atoms with Crippen LogP contribution in [0.4, 0.5) is 0 Å². The van der Waals surface area contributed by atoms with Gasteiger partial charge < -0.3 is 49.0 Å². The van der Waals surface area contributed by atoms with Gasteiger partial charge in [0.15, 0.2) is 0 Å². The molecule has 0 saturated carbocycles. The Bertz CT molecular complexity index is 1250. The van der Waals surface area contributed by atoms with Gasteiger partial charge in [0.25, 0.3) is 0 Å². The molecule has 0 bridgehead atoms. The second-order valence-corrected chi connectivity index (χ2v) is 9.65. The lowest BCUT2D eigenvalue weighted by molar-refractivity contribution is -0.142. The Labute approximate surface area is 236 Å². The molecule has 0 spiro atoms. The van der Waals surface area contributed by atoms with E-state index < -0.39 is 66.1 Å². The van der Waals surface area contributed by atoms with E-state index in [1.807, 2.05) is 12.1 Å². The van der Waals surface area contributed by atoms with Gasteiger partial charge in [0.2, 0.25) is 29.5 Å². The van der Waals surface area contributed by atoms with Gasteiger partial charge >= 0.3 is 5.97 Å². The van der Waals surface area contributed by atoms with Gasteiger partial charge in [-0.25, -0.2) is 4.79 Å². The summed E-state index contributed by atoms with van der Waals surface area (Å²) in [7, 11) is 0. The molecule has 4 unspecified atom stereocenters. The minimum absolute atomic E-state index is 0.0956. The number of hydrogen-bond acceptors (Lipinski definition) is 8. The summed E-state index contributed by atoms with van der Waals surface area (Å²) in [6, 6.07) is 1.92. The van der Waals surface area contributed by atoms with Crippen molar-refractivity contribution >= 4 is 46.4 Å². The van der Waals surface area contributed by atoms with Crippen molar-refractivity contribution in [3.8, 4) is 0 Å². The third-order valence-corrected chi connectivity index (χ3v) is 6.37. The van der Waals surface area contributed by atoms with E-state index in [-0.39, 0.29) is 19.3 Å². The third-order valence-electron chi connectivity index (χ3n) is 6.37. The minimum Gasteiger partial charge on any atom is -0.480 e. The molecular formula is C26H38N8O7. The molecule has 13 N–H and O–H groups in total. The number of carbonyl (C=O) groups excluding carboxylic acids is 5. The number of aromatic nitrogens is 1. The van der Waals surface area contributed by atoms with Crippen LogP contribution in [0.3, 0.4) is 0 Å². The number of amides is 5. The summed E-state index contributed by atoms with van der Waals surface area (Å²) in [5.74, 6) is -5.61. The average molecular weight is 575 g/mol. The number of aromatic amines is 1. The maximum absolute atomic E-state index is 13.1. The third kappa shape index (κ3) is 10.5. The number of unbranched alkanes of at least 4 members (excludes halogenated alkanes) is 1. The van der Waals surface area contributed by atoms with E-state index in [1.54, 1.807) is 18.3 Å². The van der Waals surface area contributed by atoms with Crippen molar-refractivity contribution in [1.82, 2.24) is 20.9 Å². The molecule has 15 nitrogen and oxygen atoms in total. The Morgan fingerprint density at radius 2 is 1.46 bits per heavy atom. The number of hydrogen-bond donors (Lipinski definition) is 9. The van der Waals surface area contributed by atoms with Gasteiger partial charge in [0.05, 0.1) is 12.5 Å². The van der Waals surface area contributed by atoms with Crippen LogP contribution in [0.15, 0.2) is 30.5 Å². The standard InChI is InChI=1S/C26H38N8O7/c27-10-4-3-6-16(28)23(37)32-18(8-9-21(29)35)24(38)33-19(12-22(30)36)25(39)34-20(26(40)41)11-14-13-31-17-7-2-1-5-15(14)17/h1-2,5,7,13,16,18-20,31H,3-4,6,8-12,27-28H2,(H2,29,35)(H2,30,36)(H,32,37)(H,33,38)(H,34,39)(H,40,41). The van der Waals surface area contributed by atoms with Gasteiger partial charge in [0.1, 0.15) is 18.1 Å². The molecule has 1 heterocycles. The van der Waals surface area contributed by atoms with Crippen molar-refractivity contribution in [2.45, 2.75) is 69.1 Å². The lowest BCUT2D eigenvalue weighted by Crippen LogP contribution is -2.58. The second-order valence-electron chi connectivity index (χ2n) is 9.65. The molecule has 2 aromatic rings. The summed E-state index contributed by atoms with van der Waals surface area (Å²) in [4.78, 5) is 76.8. The van der Waals surface area contributed by atoms with E-state index >= 15 is 0 Å². The molecule has 224 valence electrons. The predicted octanol–water partition coefficient (Wildman–Crippen LogP) is -2.15. The van der Waals surface area contributed by atoms with Gasteiger partial charge in [0, 0.05) is 29.9 Å². The fourth-order valence-electron chi connectivity index (χ4n) is 4.15. The van der Waals surface area contributed by atoms with Crippen LogP contribution in [-0.4, -0.2) is 76.3 Å². The maximum Gasteiger partial charge on any atom is 0.326 e. The van der Waals surface area contributed by atoms with E-state index in [2.05, 4.69) is 20.9 Å². The van der Waals surface area contributed by atoms with Gasteiger partial charge in [-0.05, 0) is 37.4 Å². The van der Waals surface area contributed by atoms with Crippen LogP contribution in [0.2, 0.25) is 0 Å². The van der Waals surface area contributed by atoms with Crippen molar-refractivity contribution in [2.24, 2.45) is 22.9 Å². The molecule has 1 aromatic heterocycles. The van der Waals surface area contributed by atoms with E-state index in [0.717, 1.165) is 10.9 Å². The largest absolute Gasteiger partial charge is 0.480 e. The molecule has 0 aliphatic carbocycles. The van der Waals surface area contributed by atoms with Crippen LogP contribution in [0.1, 0.15) is 44.1 Å². The Hall–Kier alpha value is -4.50. The highest BCUT2D eigenvalue weighted by atomic mass is 16.4. The van der Waals surface area contributed by atoms with Gasteiger partial charge in [-0.15, -0.1) is 0 Å². The number of nitrogens with one attached hydrogen (secondary N) is 4. The van der Waals surface area contributed by atoms with E-state index in [0.29, 0.717) is 31.4 Å². The monoisotopic (exact) mass is 574 g/mol. The summed E-state index contributed by atoms with van der Waals surface area (Å²) in [5.41, 5.74) is 23.2. The Kier molecular flexibility index (Phi) is 12.7. The summed E-state index contributed by atoms with van der Waals surface area (Å²) >= 11 is 0. The molecule has 0 fully saturated rings. The molecule has 4 atom stereocenters. The van der Waals surface area contributed by atoms with Crippen molar-refractivity contribution in [3.05, 3.63) is 36.0 Å². The summed E-state index contributed by atoms with van der Waals surface area (Å²) < 4.78 is 0. The van der Waals surface area contributed by atoms with Crippen LogP contribution >= 0.6 is 0 Å². The first-order valence-electron chi connectivity index (χ1n) is 13.1. The number of fused-ring (bicyclic) bond motifs is 1. The van der Waals surface area contributed by atoms with Crippen LogP contribution in [0, 0.1) is 0 Å². The Balaban J connectivity index is 2.17. The SMILES string of the molecule is NCCCCC(N)C(=O)NC(CCC(N)=O)C(=O)NC(CC(N)=O)C(=O)NC(Cc1c[nH]c2ccccc12)C(=O)O. The number of para-hydroxylation sites is 1. The van der Waals surface area contributed by atoms with Crippen LogP contribution in [0.25, 0.3) is 10.9 Å². The molecule has 5 amide bonds. The van der Waals surface area contributed by atoms with Crippen molar-refractivity contribution in [1.29, 1.82) is 0 Å². The molecule has 0 aliphatic heterocycles. The van der Waals surface area contributed by atoms with E-state index in [1.165, 1.54) is 0 Å². The number of carboxylic acids is 1. The number of primary amides is 2. The maximum atomic E-state index is 13.1. The summed E-state index contributed by atoms with van der Waals surface area (Å²) in [6.07, 6.45) is 1.90. The molecule has 1 aromatic carbocycles. The van der Waals surface area contributed by atoms with Crippen LogP contribution in [0.5, 0.6) is 0 Å². The zero-order valence-electron chi connectivity index (χ0n) is 22.6. The number of aliphatic carboxylic acids is 1. The molecule has 0 aliphatic rings. The molecule has 0 radical (unpaired) electrons. The molecule has 41 heavy (non-hydrogen) atoms. The number of carboxylic acid groups (broad SMARTS) is 1. The smallest absolute Gasteiger partial charge is 0.326 e. The minimum atomic E-state index is -1.57. The molecule has 15 heteroatoms. The van der Waals surface area contributed by atoms with Gasteiger partial charge in [-0.2, -0.15) is 0 Å². The summed E-state index contributed by atoms with van der Waals surface area (Å²) in [5, 5.41) is 17.6. The average Bonchev–Trinajstić information content (AvgIpc) is 3.32. The molecule has 0 saturated heterocycles. The van der Waals surface area contributed by atoms with Crippen molar-refractivity contribution in [2.75, 3.05) is 6.54 Å². The quantitative estimate of drug-likeness (QED) is 0.0876. The second kappa shape index (κ2) is 15.9. The van der Waals surface area contributed by atoms with E-state index in [4.69, 9.17) is 22.9 Å². The molecule has 2 rings (SSSR count). The fourth-order valence-corrected chi connectivity index (χ4v) is 4.15. The number of rotatable bonds is 18. The zero-order chi connectivity index (χ0) is 30.5. The van der Waals surface area contributed by atoms with Gasteiger partial charge in [-0.1, -0.05) is 24.6 Å². The lowest BCUT2D eigenvalue weighted by Gasteiger charge is -2.24. The highest BCUT2D eigenvalue weighted by Gasteiger charge is 2.31. The van der Waals surface area contributed by atoms with Crippen LogP contribution < -0.4 is 38.9 Å². The predicted molar refractivity (Wildman–Crippen MR) is 149 cm³/mol. The Morgan fingerprint density at radius 1 is 0.829 bits per heavy atom. The zero-order valence-corrected chi connectivity index (χ0v) is 22.6. The first-order chi connectivity index (χ1) is 19.4. The number of nitrogens with two attached hydrogens (primary N) is 4. The number of carbonyl (C=O) groups is 6. The number of H-pyrrole nitrogens is 1. The fraction of sp³-hybridized carbons (Fsp3) is 0.462. The Morgan fingerprint density at radius 3 is 2.10 bits per heavy atom.